The van der Waals surface area contributed by atoms with Gasteiger partial charge in [-0.15, -0.1) is 0 Å². The van der Waals surface area contributed by atoms with E-state index in [-0.39, 0.29) is 23.1 Å². The topological polar surface area (TPSA) is 97.6 Å². The summed E-state index contributed by atoms with van der Waals surface area (Å²) < 4.78 is 23.4. The van der Waals surface area contributed by atoms with Crippen LogP contribution in [0.1, 0.15) is 26.3 Å². The number of hydrogen-bond donors (Lipinski definition) is 0. The fourth-order valence-corrected chi connectivity index (χ4v) is 3.42. The van der Waals surface area contributed by atoms with Crippen LogP contribution in [0.2, 0.25) is 0 Å². The number of carbonyl (C=O) groups excluding carboxylic acids is 1. The van der Waals surface area contributed by atoms with Gasteiger partial charge in [-0.2, -0.15) is 0 Å². The Balaban J connectivity index is 2.87. The molecule has 1 amide bonds. The molecule has 0 aliphatic rings. The number of rotatable bonds is 8. The summed E-state index contributed by atoms with van der Waals surface area (Å²) >= 11 is 0. The molecule has 0 heterocycles. The van der Waals surface area contributed by atoms with E-state index in [9.17, 15) is 23.3 Å². The number of non-ortho nitro benzene ring substituents is 1. The van der Waals surface area contributed by atoms with E-state index >= 15 is 0 Å². The number of nitro benzene ring substituents is 1. The highest BCUT2D eigenvalue weighted by Crippen LogP contribution is 2.14. The van der Waals surface area contributed by atoms with Gasteiger partial charge in [0.2, 0.25) is 5.91 Å². The molecule has 0 N–H and O–H groups in total. The average molecular weight is 354 g/mol. The van der Waals surface area contributed by atoms with Crippen LogP contribution in [0, 0.1) is 10.1 Å². The third kappa shape index (κ3) is 5.77. The molecule has 24 heavy (non-hydrogen) atoms. The van der Waals surface area contributed by atoms with E-state index < -0.39 is 20.8 Å². The average Bonchev–Trinajstić information content (AvgIpc) is 2.53. The first-order chi connectivity index (χ1) is 11.2. The van der Waals surface area contributed by atoms with Crippen molar-refractivity contribution >= 4 is 27.5 Å². The minimum absolute atomic E-state index is 0.0343. The molecular weight excluding hydrogens is 332 g/mol. The molecule has 0 aliphatic carbocycles. The molecule has 8 heteroatoms. The van der Waals surface area contributed by atoms with Crippen molar-refractivity contribution in [2.45, 2.75) is 26.8 Å². The number of sulfone groups is 1. The molecule has 132 valence electrons. The van der Waals surface area contributed by atoms with Gasteiger partial charge in [-0.3, -0.25) is 14.9 Å². The van der Waals surface area contributed by atoms with Crippen molar-refractivity contribution in [2.24, 2.45) is 0 Å². The molecule has 0 saturated heterocycles. The number of carbonyl (C=O) groups is 1. The lowest BCUT2D eigenvalue weighted by Gasteiger charge is -2.26. The zero-order valence-electron chi connectivity index (χ0n) is 14.0. The first kappa shape index (κ1) is 19.8. The molecule has 0 fully saturated rings. The number of hydrogen-bond acceptors (Lipinski definition) is 5. The van der Waals surface area contributed by atoms with Crippen LogP contribution in [0.25, 0.3) is 6.08 Å². The lowest BCUT2D eigenvalue weighted by atomic mass is 10.2. The van der Waals surface area contributed by atoms with Crippen LogP contribution in [-0.2, 0) is 14.6 Å². The summed E-state index contributed by atoms with van der Waals surface area (Å²) in [4.78, 5) is 24.0. The standard InChI is InChI=1S/C16H22N2O5S/c1-4-17(13(3)12-24(22,23)5-2)16(19)10-9-14-7-6-8-15(11-14)18(20)21/h6-11,13H,4-5,12H2,1-3H3. The number of nitrogens with zero attached hydrogens (tertiary/aromatic N) is 2. The van der Waals surface area contributed by atoms with E-state index in [4.69, 9.17) is 0 Å². The number of amides is 1. The predicted octanol–water partition coefficient (Wildman–Crippen LogP) is 2.28. The van der Waals surface area contributed by atoms with E-state index in [2.05, 4.69) is 0 Å². The molecule has 1 unspecified atom stereocenters. The third-order valence-electron chi connectivity index (χ3n) is 3.59. The predicted molar refractivity (Wildman–Crippen MR) is 93.3 cm³/mol. The van der Waals surface area contributed by atoms with Gasteiger partial charge in [0, 0.05) is 36.5 Å². The summed E-state index contributed by atoms with van der Waals surface area (Å²) in [5, 5.41) is 10.7. The molecule has 1 aromatic rings. The van der Waals surface area contributed by atoms with E-state index in [0.29, 0.717) is 12.1 Å². The molecular formula is C16H22N2O5S. The van der Waals surface area contributed by atoms with Gasteiger partial charge in [-0.25, -0.2) is 8.42 Å². The van der Waals surface area contributed by atoms with Crippen LogP contribution in [0.15, 0.2) is 30.3 Å². The maximum absolute atomic E-state index is 12.3. The van der Waals surface area contributed by atoms with Crippen molar-refractivity contribution in [3.63, 3.8) is 0 Å². The molecule has 0 radical (unpaired) electrons. The Morgan fingerprint density at radius 1 is 1.38 bits per heavy atom. The van der Waals surface area contributed by atoms with Crippen molar-refractivity contribution in [2.75, 3.05) is 18.1 Å². The van der Waals surface area contributed by atoms with E-state index in [1.54, 1.807) is 26.8 Å². The van der Waals surface area contributed by atoms with E-state index in [1.165, 1.54) is 35.3 Å². The van der Waals surface area contributed by atoms with Crippen LogP contribution >= 0.6 is 0 Å². The monoisotopic (exact) mass is 354 g/mol. The van der Waals surface area contributed by atoms with Gasteiger partial charge in [-0.05, 0) is 25.5 Å². The summed E-state index contributed by atoms with van der Waals surface area (Å²) in [5.41, 5.74) is 0.474. The first-order valence-electron chi connectivity index (χ1n) is 7.63. The van der Waals surface area contributed by atoms with Crippen molar-refractivity contribution in [3.05, 3.63) is 46.0 Å². The summed E-state index contributed by atoms with van der Waals surface area (Å²) in [6.45, 7) is 5.41. The van der Waals surface area contributed by atoms with Crippen LogP contribution in [0.4, 0.5) is 5.69 Å². The summed E-state index contributed by atoms with van der Waals surface area (Å²) in [5.74, 6) is -0.386. The van der Waals surface area contributed by atoms with Gasteiger partial charge < -0.3 is 4.90 Å². The first-order valence-corrected chi connectivity index (χ1v) is 9.45. The van der Waals surface area contributed by atoms with Crippen molar-refractivity contribution in [1.82, 2.24) is 4.90 Å². The van der Waals surface area contributed by atoms with Gasteiger partial charge in [0.05, 0.1) is 10.7 Å². The SMILES string of the molecule is CCN(C(=O)C=Cc1cccc([N+](=O)[O-])c1)C(C)CS(=O)(=O)CC. The Hall–Kier alpha value is -2.22. The molecule has 1 atom stereocenters. The molecule has 1 aromatic carbocycles. The highest BCUT2D eigenvalue weighted by atomic mass is 32.2. The molecule has 0 saturated carbocycles. The highest BCUT2D eigenvalue weighted by molar-refractivity contribution is 7.91. The Morgan fingerprint density at radius 2 is 2.04 bits per heavy atom. The molecule has 0 aromatic heterocycles. The fourth-order valence-electron chi connectivity index (χ4n) is 2.27. The van der Waals surface area contributed by atoms with Gasteiger partial charge in [0.1, 0.15) is 0 Å². The van der Waals surface area contributed by atoms with Gasteiger partial charge in [-0.1, -0.05) is 19.1 Å². The summed E-state index contributed by atoms with van der Waals surface area (Å²) in [6.07, 6.45) is 2.79. The second-order valence-corrected chi connectivity index (χ2v) is 7.76. The maximum Gasteiger partial charge on any atom is 0.270 e. The minimum Gasteiger partial charge on any atom is -0.336 e. The number of likely N-dealkylation sites (N-methyl/N-ethyl adjacent to an activating group) is 1. The number of nitro groups is 1. The zero-order chi connectivity index (χ0) is 18.3. The van der Waals surface area contributed by atoms with Gasteiger partial charge in [0.25, 0.3) is 5.69 Å². The quantitative estimate of drug-likeness (QED) is 0.405. The molecule has 1 rings (SSSR count). The lowest BCUT2D eigenvalue weighted by Crippen LogP contribution is -2.41. The molecule has 0 spiro atoms. The number of benzene rings is 1. The summed E-state index contributed by atoms with van der Waals surface area (Å²) in [7, 11) is -3.18. The van der Waals surface area contributed by atoms with Crippen molar-refractivity contribution in [3.8, 4) is 0 Å². The normalized spacial score (nSPS) is 13.0. The smallest absolute Gasteiger partial charge is 0.270 e. The van der Waals surface area contributed by atoms with Crippen molar-refractivity contribution in [1.29, 1.82) is 0 Å². The van der Waals surface area contributed by atoms with Gasteiger partial charge >= 0.3 is 0 Å². The van der Waals surface area contributed by atoms with Crippen LogP contribution in [0.5, 0.6) is 0 Å². The van der Waals surface area contributed by atoms with Crippen molar-refractivity contribution < 1.29 is 18.1 Å². The Bertz CT molecular complexity index is 728. The van der Waals surface area contributed by atoms with Gasteiger partial charge in [0.15, 0.2) is 9.84 Å². The van der Waals surface area contributed by atoms with E-state index in [1.807, 2.05) is 0 Å². The van der Waals surface area contributed by atoms with Crippen LogP contribution in [-0.4, -0.2) is 48.2 Å². The van der Waals surface area contributed by atoms with Crippen LogP contribution in [0.3, 0.4) is 0 Å². The largest absolute Gasteiger partial charge is 0.336 e. The third-order valence-corrected chi connectivity index (χ3v) is 5.46. The zero-order valence-corrected chi connectivity index (χ0v) is 14.8. The second-order valence-electron chi connectivity index (χ2n) is 5.36. The Labute approximate surface area is 142 Å². The fraction of sp³-hybridized carbons (Fsp3) is 0.438. The summed E-state index contributed by atoms with van der Waals surface area (Å²) in [6, 6.07) is 5.48. The Kier molecular flexibility index (Phi) is 7.09. The van der Waals surface area contributed by atoms with Crippen LogP contribution < -0.4 is 0 Å². The molecule has 0 bridgehead atoms. The second kappa shape index (κ2) is 8.58. The lowest BCUT2D eigenvalue weighted by molar-refractivity contribution is -0.384. The maximum atomic E-state index is 12.3. The highest BCUT2D eigenvalue weighted by Gasteiger charge is 2.21. The minimum atomic E-state index is -3.18. The Morgan fingerprint density at radius 3 is 2.58 bits per heavy atom. The molecule has 0 aliphatic heterocycles. The van der Waals surface area contributed by atoms with E-state index in [0.717, 1.165) is 0 Å². The molecule has 7 nitrogen and oxygen atoms in total.